The molecule has 1 saturated heterocycles. The summed E-state index contributed by atoms with van der Waals surface area (Å²) in [7, 11) is 0. The Labute approximate surface area is 436 Å². The lowest BCUT2D eigenvalue weighted by Crippen LogP contribution is -2.60. The summed E-state index contributed by atoms with van der Waals surface area (Å²) in [6, 6.07) is -0.801. The third-order valence-corrected chi connectivity index (χ3v) is 13.8. The molecule has 9 nitrogen and oxygen atoms in total. The lowest BCUT2D eigenvalue weighted by atomic mass is 9.99. The van der Waals surface area contributed by atoms with Crippen LogP contribution in [0.2, 0.25) is 0 Å². The maximum Gasteiger partial charge on any atom is 0.220 e. The number of unbranched alkanes of at least 4 members (excludes halogenated alkanes) is 30. The number of rotatable bonds is 50. The third kappa shape index (κ3) is 40.7. The van der Waals surface area contributed by atoms with E-state index in [1.807, 2.05) is 6.08 Å². The Balaban J connectivity index is 1.96. The van der Waals surface area contributed by atoms with Crippen molar-refractivity contribution in [3.8, 4) is 0 Å². The molecule has 0 aromatic heterocycles. The Morgan fingerprint density at radius 3 is 1.30 bits per heavy atom. The van der Waals surface area contributed by atoms with E-state index in [0.29, 0.717) is 6.42 Å². The van der Waals surface area contributed by atoms with Gasteiger partial charge in [0.15, 0.2) is 6.29 Å². The van der Waals surface area contributed by atoms with Gasteiger partial charge in [-0.25, -0.2) is 0 Å². The van der Waals surface area contributed by atoms with E-state index in [1.165, 1.54) is 167 Å². The first-order valence-electron chi connectivity index (χ1n) is 29.7. The molecule has 0 spiro atoms. The topological polar surface area (TPSA) is 149 Å². The fraction of sp³-hybridized carbons (Fsp3) is 0.790. The molecule has 0 bridgehead atoms. The smallest absolute Gasteiger partial charge is 0.220 e. The van der Waals surface area contributed by atoms with E-state index in [2.05, 4.69) is 79.9 Å². The minimum atomic E-state index is -1.56. The van der Waals surface area contributed by atoms with Crippen molar-refractivity contribution in [1.82, 2.24) is 5.32 Å². The van der Waals surface area contributed by atoms with Crippen LogP contribution in [0.25, 0.3) is 0 Å². The van der Waals surface area contributed by atoms with Crippen molar-refractivity contribution < 1.29 is 39.8 Å². The van der Waals surface area contributed by atoms with Crippen molar-refractivity contribution in [2.24, 2.45) is 0 Å². The summed E-state index contributed by atoms with van der Waals surface area (Å²) in [4.78, 5) is 12.9. The third-order valence-electron chi connectivity index (χ3n) is 13.8. The summed E-state index contributed by atoms with van der Waals surface area (Å²) in [6.45, 7) is 3.60. The Morgan fingerprint density at radius 1 is 0.493 bits per heavy atom. The van der Waals surface area contributed by atoms with Crippen molar-refractivity contribution in [3.63, 3.8) is 0 Å². The second kappa shape index (κ2) is 51.1. The molecule has 1 heterocycles. The average Bonchev–Trinajstić information content (AvgIpc) is 3.37. The van der Waals surface area contributed by atoms with Gasteiger partial charge in [0, 0.05) is 6.42 Å². The maximum absolute atomic E-state index is 12.9. The van der Waals surface area contributed by atoms with Gasteiger partial charge in [-0.1, -0.05) is 260 Å². The number of aliphatic hydroxyl groups excluding tert-OH is 5. The first kappa shape index (κ1) is 66.6. The molecule has 7 unspecified atom stereocenters. The van der Waals surface area contributed by atoms with Gasteiger partial charge in [-0.05, 0) is 64.2 Å². The molecular weight excluding hydrogens is 887 g/mol. The minimum absolute atomic E-state index is 0.179. The average molecular weight is 999 g/mol. The molecule has 0 aromatic rings. The van der Waals surface area contributed by atoms with Gasteiger partial charge in [-0.15, -0.1) is 0 Å². The van der Waals surface area contributed by atoms with Crippen LogP contribution in [0.4, 0.5) is 0 Å². The summed E-state index contributed by atoms with van der Waals surface area (Å²) in [5, 5.41) is 54.1. The van der Waals surface area contributed by atoms with Crippen LogP contribution in [0.15, 0.2) is 72.9 Å². The van der Waals surface area contributed by atoms with E-state index in [9.17, 15) is 30.3 Å². The summed E-state index contributed by atoms with van der Waals surface area (Å²) < 4.78 is 11.2. The van der Waals surface area contributed by atoms with Crippen LogP contribution in [0, 0.1) is 0 Å². The van der Waals surface area contributed by atoms with E-state index < -0.39 is 49.5 Å². The molecule has 71 heavy (non-hydrogen) atoms. The van der Waals surface area contributed by atoms with Crippen molar-refractivity contribution in [2.75, 3.05) is 13.2 Å². The fourth-order valence-corrected chi connectivity index (χ4v) is 9.13. The number of amides is 1. The second-order valence-electron chi connectivity index (χ2n) is 20.4. The van der Waals surface area contributed by atoms with Crippen LogP contribution in [-0.2, 0) is 14.3 Å². The van der Waals surface area contributed by atoms with Crippen LogP contribution in [0.3, 0.4) is 0 Å². The maximum atomic E-state index is 12.9. The minimum Gasteiger partial charge on any atom is -0.394 e. The van der Waals surface area contributed by atoms with Crippen molar-refractivity contribution in [1.29, 1.82) is 0 Å². The van der Waals surface area contributed by atoms with Crippen molar-refractivity contribution in [3.05, 3.63) is 72.9 Å². The molecular formula is C62H111NO8. The van der Waals surface area contributed by atoms with Crippen molar-refractivity contribution in [2.45, 2.75) is 301 Å². The summed E-state index contributed by atoms with van der Waals surface area (Å²) in [5.74, 6) is -0.179. The molecule has 1 fully saturated rings. The predicted octanol–water partition coefficient (Wildman–Crippen LogP) is 14.8. The van der Waals surface area contributed by atoms with Gasteiger partial charge in [0.25, 0.3) is 0 Å². The molecule has 0 radical (unpaired) electrons. The van der Waals surface area contributed by atoms with Gasteiger partial charge in [-0.2, -0.15) is 0 Å². The number of nitrogens with one attached hydrogen (secondary N) is 1. The predicted molar refractivity (Wildman–Crippen MR) is 299 cm³/mol. The number of ether oxygens (including phenoxy) is 2. The normalized spacial score (nSPS) is 19.8. The Morgan fingerprint density at radius 2 is 0.873 bits per heavy atom. The quantitative estimate of drug-likeness (QED) is 0.0261. The zero-order valence-electron chi connectivity index (χ0n) is 45.7. The molecule has 1 aliphatic rings. The zero-order valence-corrected chi connectivity index (χ0v) is 45.7. The van der Waals surface area contributed by atoms with Gasteiger partial charge in [0.05, 0.1) is 25.4 Å². The van der Waals surface area contributed by atoms with Crippen molar-refractivity contribution >= 4 is 5.91 Å². The van der Waals surface area contributed by atoms with Gasteiger partial charge in [0.1, 0.15) is 24.4 Å². The molecule has 412 valence electrons. The number of hydrogen-bond acceptors (Lipinski definition) is 8. The van der Waals surface area contributed by atoms with E-state index in [1.54, 1.807) is 6.08 Å². The van der Waals surface area contributed by atoms with E-state index in [4.69, 9.17) is 9.47 Å². The summed E-state index contributed by atoms with van der Waals surface area (Å²) in [5.41, 5.74) is 0. The monoisotopic (exact) mass is 998 g/mol. The summed E-state index contributed by atoms with van der Waals surface area (Å²) in [6.07, 6.45) is 64.7. The standard InChI is InChI=1S/C62H111NO8/c1-3-5-7-9-11-12-13-14-15-16-17-18-19-20-21-22-23-24-25-26-27-28-29-30-31-32-33-34-35-36-37-38-39-40-41-42-43-44-46-48-50-52-58(66)63-55(56(65)51-49-47-45-10-8-6-4-2)54-70-62-61(69)60(68)59(67)57(53-64)71-62/h5,7,11-12,14-15,17-18,20-21,49,51,55-57,59-62,64-65,67-69H,3-4,6,8-10,13,16,19,22-48,50,52-54H2,1-2H3,(H,63,66)/b7-5-,12-11-,15-14-,18-17-,21-20-,51-49+. The highest BCUT2D eigenvalue weighted by atomic mass is 16.7. The second-order valence-corrected chi connectivity index (χ2v) is 20.4. The molecule has 6 N–H and O–H groups in total. The van der Waals surface area contributed by atoms with Crippen LogP contribution in [0.1, 0.15) is 258 Å². The first-order valence-corrected chi connectivity index (χ1v) is 29.7. The van der Waals surface area contributed by atoms with Gasteiger partial charge >= 0.3 is 0 Å². The van der Waals surface area contributed by atoms with Gasteiger partial charge in [0.2, 0.25) is 5.91 Å². The first-order chi connectivity index (χ1) is 34.8. The molecule has 9 heteroatoms. The molecule has 0 saturated carbocycles. The number of allylic oxidation sites excluding steroid dienone is 11. The van der Waals surface area contributed by atoms with Crippen LogP contribution in [0.5, 0.6) is 0 Å². The van der Waals surface area contributed by atoms with Gasteiger partial charge in [-0.3, -0.25) is 4.79 Å². The highest BCUT2D eigenvalue weighted by molar-refractivity contribution is 5.76. The Kier molecular flexibility index (Phi) is 48.0. The molecule has 1 aliphatic heterocycles. The SMILES string of the molecule is CC/C=C\C/C=C\C/C=C\C/C=C\C/C=C\CCCCCCCCCCCCCCCCCCCCCCCCCCCC(=O)NC(COC1OC(CO)C(O)C(O)C1O)C(O)/C=C/CCCCCCC. The number of carbonyl (C=O) groups is 1. The largest absolute Gasteiger partial charge is 0.394 e. The number of aliphatic hydroxyl groups is 5. The highest BCUT2D eigenvalue weighted by Crippen LogP contribution is 2.23. The molecule has 0 aromatic carbocycles. The van der Waals surface area contributed by atoms with Crippen LogP contribution in [-0.4, -0.2) is 87.5 Å². The van der Waals surface area contributed by atoms with E-state index in [0.717, 1.165) is 70.6 Å². The van der Waals surface area contributed by atoms with Crippen LogP contribution < -0.4 is 5.32 Å². The molecule has 1 rings (SSSR count). The van der Waals surface area contributed by atoms with Gasteiger partial charge < -0.3 is 40.3 Å². The zero-order chi connectivity index (χ0) is 51.5. The lowest BCUT2D eigenvalue weighted by Gasteiger charge is -2.40. The number of carbonyl (C=O) groups excluding carboxylic acids is 1. The highest BCUT2D eigenvalue weighted by Gasteiger charge is 2.44. The van der Waals surface area contributed by atoms with E-state index >= 15 is 0 Å². The lowest BCUT2D eigenvalue weighted by molar-refractivity contribution is -0.302. The number of hydrogen-bond donors (Lipinski definition) is 6. The van der Waals surface area contributed by atoms with Crippen LogP contribution >= 0.6 is 0 Å². The Bertz CT molecular complexity index is 1340. The van der Waals surface area contributed by atoms with E-state index in [-0.39, 0.29) is 12.5 Å². The Hall–Kier alpha value is -2.37. The molecule has 1 amide bonds. The summed E-state index contributed by atoms with van der Waals surface area (Å²) >= 11 is 0. The molecule has 7 atom stereocenters. The fourth-order valence-electron chi connectivity index (χ4n) is 9.13. The molecule has 0 aliphatic carbocycles.